The first-order chi connectivity index (χ1) is 8.43. The smallest absolute Gasteiger partial charge is 0.139 e. The van der Waals surface area contributed by atoms with Crippen molar-refractivity contribution in [3.63, 3.8) is 0 Å². The Bertz CT molecular complexity index is 582. The normalized spacial score (nSPS) is 10.6. The van der Waals surface area contributed by atoms with Crippen molar-refractivity contribution in [2.24, 2.45) is 0 Å². The number of nitrogens with zero attached hydrogens (tertiary/aromatic N) is 2. The highest BCUT2D eigenvalue weighted by atomic mass is 32.1. The molecule has 3 heteroatoms. The molecule has 0 aliphatic heterocycles. The Balaban J connectivity index is 1.92. The van der Waals surface area contributed by atoms with Crippen molar-refractivity contribution in [3.8, 4) is 10.7 Å². The van der Waals surface area contributed by atoms with Crippen LogP contribution in [-0.2, 0) is 6.54 Å². The van der Waals surface area contributed by atoms with E-state index in [1.807, 2.05) is 17.6 Å². The summed E-state index contributed by atoms with van der Waals surface area (Å²) in [5.41, 5.74) is 2.49. The van der Waals surface area contributed by atoms with Gasteiger partial charge in [-0.2, -0.15) is 0 Å². The van der Waals surface area contributed by atoms with Crippen molar-refractivity contribution in [2.75, 3.05) is 0 Å². The summed E-state index contributed by atoms with van der Waals surface area (Å²) in [6.07, 6.45) is 3.95. The summed E-state index contributed by atoms with van der Waals surface area (Å²) in [5, 5.41) is 3.08. The minimum absolute atomic E-state index is 0.892. The topological polar surface area (TPSA) is 17.8 Å². The Labute approximate surface area is 104 Å². The molecule has 2 aromatic heterocycles. The molecule has 0 amide bonds. The van der Waals surface area contributed by atoms with Crippen molar-refractivity contribution < 1.29 is 0 Å². The number of benzene rings is 1. The maximum atomic E-state index is 4.36. The van der Waals surface area contributed by atoms with E-state index in [4.69, 9.17) is 0 Å². The van der Waals surface area contributed by atoms with E-state index in [-0.39, 0.29) is 0 Å². The van der Waals surface area contributed by atoms with Crippen LogP contribution in [0.4, 0.5) is 0 Å². The molecule has 0 atom stereocenters. The van der Waals surface area contributed by atoms with Crippen LogP contribution in [0.15, 0.2) is 60.2 Å². The van der Waals surface area contributed by atoms with Crippen LogP contribution in [0.1, 0.15) is 5.56 Å². The lowest BCUT2D eigenvalue weighted by Crippen LogP contribution is -1.99. The predicted octanol–water partition coefficient (Wildman–Crippen LogP) is 3.66. The first kappa shape index (κ1) is 10.3. The highest BCUT2D eigenvalue weighted by Crippen LogP contribution is 2.23. The van der Waals surface area contributed by atoms with Gasteiger partial charge in [0.25, 0.3) is 0 Å². The Hall–Kier alpha value is -1.87. The first-order valence-corrected chi connectivity index (χ1v) is 6.40. The monoisotopic (exact) mass is 240 g/mol. The summed E-state index contributed by atoms with van der Waals surface area (Å²) in [4.78, 5) is 4.36. The Morgan fingerprint density at radius 2 is 1.94 bits per heavy atom. The predicted molar refractivity (Wildman–Crippen MR) is 71.1 cm³/mol. The molecule has 0 aliphatic rings. The molecule has 3 rings (SSSR count). The second kappa shape index (κ2) is 4.55. The molecule has 3 aromatic rings. The summed E-state index contributed by atoms with van der Waals surface area (Å²) in [7, 11) is 0. The highest BCUT2D eigenvalue weighted by Gasteiger charge is 2.06. The molecule has 0 saturated carbocycles. The summed E-state index contributed by atoms with van der Waals surface area (Å²) in [6.45, 7) is 0.892. The molecule has 0 radical (unpaired) electrons. The van der Waals surface area contributed by atoms with Gasteiger partial charge < -0.3 is 4.57 Å². The van der Waals surface area contributed by atoms with Crippen LogP contribution in [0, 0.1) is 0 Å². The van der Waals surface area contributed by atoms with E-state index >= 15 is 0 Å². The Morgan fingerprint density at radius 3 is 2.71 bits per heavy atom. The number of hydrogen-bond donors (Lipinski definition) is 0. The SMILES string of the molecule is c1ccc(Cn2cccc2-c2nccs2)cc1. The zero-order valence-corrected chi connectivity index (χ0v) is 10.1. The summed E-state index contributed by atoms with van der Waals surface area (Å²) >= 11 is 1.67. The number of aromatic nitrogens is 2. The van der Waals surface area contributed by atoms with Crippen LogP contribution in [0.25, 0.3) is 10.7 Å². The van der Waals surface area contributed by atoms with Gasteiger partial charge in [0.15, 0.2) is 0 Å². The third kappa shape index (κ3) is 2.15. The van der Waals surface area contributed by atoms with Crippen molar-refractivity contribution in [3.05, 3.63) is 65.8 Å². The number of hydrogen-bond acceptors (Lipinski definition) is 2. The van der Waals surface area contributed by atoms with Crippen LogP contribution in [0.3, 0.4) is 0 Å². The molecule has 0 unspecified atom stereocenters. The van der Waals surface area contributed by atoms with Crippen LogP contribution in [0.2, 0.25) is 0 Å². The fourth-order valence-corrected chi connectivity index (χ4v) is 2.55. The van der Waals surface area contributed by atoms with Gasteiger partial charge in [0, 0.05) is 24.3 Å². The van der Waals surface area contributed by atoms with Gasteiger partial charge in [-0.25, -0.2) is 4.98 Å². The van der Waals surface area contributed by atoms with E-state index in [0.717, 1.165) is 11.6 Å². The zero-order chi connectivity index (χ0) is 11.5. The zero-order valence-electron chi connectivity index (χ0n) is 9.28. The molecule has 0 fully saturated rings. The fourth-order valence-electron chi connectivity index (χ4n) is 1.88. The average molecular weight is 240 g/mol. The van der Waals surface area contributed by atoms with Gasteiger partial charge in [-0.3, -0.25) is 0 Å². The lowest BCUT2D eigenvalue weighted by molar-refractivity contribution is 0.813. The van der Waals surface area contributed by atoms with Crippen LogP contribution in [-0.4, -0.2) is 9.55 Å². The van der Waals surface area contributed by atoms with Crippen molar-refractivity contribution in [2.45, 2.75) is 6.54 Å². The van der Waals surface area contributed by atoms with E-state index in [0.29, 0.717) is 0 Å². The minimum Gasteiger partial charge on any atom is -0.341 e. The molecule has 2 nitrogen and oxygen atoms in total. The molecule has 84 valence electrons. The maximum Gasteiger partial charge on any atom is 0.139 e. The summed E-state index contributed by atoms with van der Waals surface area (Å²) in [6, 6.07) is 14.7. The van der Waals surface area contributed by atoms with Gasteiger partial charge in [0.05, 0.1) is 5.69 Å². The molecule has 2 heterocycles. The van der Waals surface area contributed by atoms with Crippen LogP contribution >= 0.6 is 11.3 Å². The van der Waals surface area contributed by atoms with Gasteiger partial charge in [0.1, 0.15) is 5.01 Å². The van der Waals surface area contributed by atoms with E-state index in [2.05, 4.69) is 52.1 Å². The summed E-state index contributed by atoms with van der Waals surface area (Å²) in [5.74, 6) is 0. The van der Waals surface area contributed by atoms with Crippen LogP contribution in [0.5, 0.6) is 0 Å². The first-order valence-electron chi connectivity index (χ1n) is 5.52. The van der Waals surface area contributed by atoms with E-state index in [9.17, 15) is 0 Å². The Kier molecular flexibility index (Phi) is 2.76. The second-order valence-electron chi connectivity index (χ2n) is 3.84. The second-order valence-corrected chi connectivity index (χ2v) is 4.74. The average Bonchev–Trinajstić information content (AvgIpc) is 3.00. The maximum absolute atomic E-state index is 4.36. The molecule has 1 aromatic carbocycles. The molecule has 0 N–H and O–H groups in total. The van der Waals surface area contributed by atoms with E-state index in [1.165, 1.54) is 11.3 Å². The molecular formula is C14H12N2S. The van der Waals surface area contributed by atoms with Crippen molar-refractivity contribution in [1.82, 2.24) is 9.55 Å². The molecular weight excluding hydrogens is 228 g/mol. The lowest BCUT2D eigenvalue weighted by Gasteiger charge is -2.07. The van der Waals surface area contributed by atoms with Gasteiger partial charge >= 0.3 is 0 Å². The van der Waals surface area contributed by atoms with Gasteiger partial charge in [-0.15, -0.1) is 11.3 Å². The lowest BCUT2D eigenvalue weighted by atomic mass is 10.2. The summed E-state index contributed by atoms with van der Waals surface area (Å²) < 4.78 is 2.23. The highest BCUT2D eigenvalue weighted by molar-refractivity contribution is 7.13. The molecule has 0 bridgehead atoms. The quantitative estimate of drug-likeness (QED) is 0.683. The number of thiazole rings is 1. The third-order valence-corrected chi connectivity index (χ3v) is 3.47. The molecule has 0 spiro atoms. The van der Waals surface area contributed by atoms with Gasteiger partial charge in [-0.05, 0) is 17.7 Å². The molecule has 0 saturated heterocycles. The third-order valence-electron chi connectivity index (χ3n) is 2.68. The van der Waals surface area contributed by atoms with E-state index in [1.54, 1.807) is 11.3 Å². The standard InChI is InChI=1S/C14H12N2S/c1-2-5-12(6-3-1)11-16-9-4-7-13(16)14-15-8-10-17-14/h1-10H,11H2. The van der Waals surface area contributed by atoms with E-state index < -0.39 is 0 Å². The Morgan fingerprint density at radius 1 is 1.06 bits per heavy atom. The molecule has 0 aliphatic carbocycles. The van der Waals surface area contributed by atoms with Gasteiger partial charge in [0.2, 0.25) is 0 Å². The molecule has 17 heavy (non-hydrogen) atoms. The number of rotatable bonds is 3. The fraction of sp³-hybridized carbons (Fsp3) is 0.0714. The van der Waals surface area contributed by atoms with Crippen LogP contribution < -0.4 is 0 Å². The van der Waals surface area contributed by atoms with Crippen molar-refractivity contribution in [1.29, 1.82) is 0 Å². The largest absolute Gasteiger partial charge is 0.341 e. The van der Waals surface area contributed by atoms with Gasteiger partial charge in [-0.1, -0.05) is 30.3 Å². The van der Waals surface area contributed by atoms with Crippen molar-refractivity contribution >= 4 is 11.3 Å². The minimum atomic E-state index is 0.892.